The predicted octanol–water partition coefficient (Wildman–Crippen LogP) is 1.82. The second-order valence-corrected chi connectivity index (χ2v) is 6.12. The van der Waals surface area contributed by atoms with Crippen LogP contribution in [0.15, 0.2) is 24.3 Å². The van der Waals surface area contributed by atoms with E-state index in [2.05, 4.69) is 0 Å². The van der Waals surface area contributed by atoms with E-state index in [9.17, 15) is 14.0 Å². The molecule has 2 rings (SSSR count). The topological polar surface area (TPSA) is 81.4 Å². The van der Waals surface area contributed by atoms with E-state index in [-0.39, 0.29) is 31.2 Å². The molecule has 0 bridgehead atoms. The van der Waals surface area contributed by atoms with Crippen LogP contribution in [0.5, 0.6) is 0 Å². The number of nitriles is 1. The summed E-state index contributed by atoms with van der Waals surface area (Å²) in [6.07, 6.45) is -0.158. The number of hydrogen-bond donors (Lipinski definition) is 1. The van der Waals surface area contributed by atoms with Gasteiger partial charge in [0, 0.05) is 18.7 Å². The fraction of sp³-hybridized carbons (Fsp3) is 0.400. The third-order valence-electron chi connectivity index (χ3n) is 3.53. The number of rotatable bonds is 5. The molecule has 22 heavy (non-hydrogen) atoms. The highest BCUT2D eigenvalue weighted by molar-refractivity contribution is 7.99. The maximum absolute atomic E-state index is 13.9. The lowest BCUT2D eigenvalue weighted by Crippen LogP contribution is -2.39. The number of carboxylic acids is 1. The zero-order chi connectivity index (χ0) is 16.2. The van der Waals surface area contributed by atoms with Gasteiger partial charge >= 0.3 is 5.97 Å². The molecule has 1 aromatic carbocycles. The lowest BCUT2D eigenvalue weighted by Gasteiger charge is -2.17. The van der Waals surface area contributed by atoms with Crippen molar-refractivity contribution in [2.24, 2.45) is 0 Å². The fourth-order valence-corrected chi connectivity index (χ4v) is 3.07. The molecule has 1 amide bonds. The molecule has 0 radical (unpaired) electrons. The summed E-state index contributed by atoms with van der Waals surface area (Å²) < 4.78 is 13.9. The third-order valence-corrected chi connectivity index (χ3v) is 4.52. The molecule has 116 valence electrons. The maximum atomic E-state index is 13.9. The van der Waals surface area contributed by atoms with Crippen LogP contribution in [0.1, 0.15) is 17.5 Å². The van der Waals surface area contributed by atoms with Crippen LogP contribution < -0.4 is 0 Å². The summed E-state index contributed by atoms with van der Waals surface area (Å²) in [5, 5.41) is 17.5. The number of benzene rings is 1. The molecule has 1 aliphatic heterocycles. The average molecular weight is 322 g/mol. The molecule has 1 atom stereocenters. The van der Waals surface area contributed by atoms with Gasteiger partial charge in [0.25, 0.3) is 0 Å². The summed E-state index contributed by atoms with van der Waals surface area (Å²) in [4.78, 5) is 24.0. The maximum Gasteiger partial charge on any atom is 0.343 e. The first-order chi connectivity index (χ1) is 10.4. The first-order valence-electron chi connectivity index (χ1n) is 6.71. The number of carbonyl (C=O) groups excluding carboxylic acids is 1. The Bertz CT molecular complexity index is 614. The molecule has 1 aliphatic rings. The van der Waals surface area contributed by atoms with Gasteiger partial charge in [-0.1, -0.05) is 12.1 Å². The van der Waals surface area contributed by atoms with Gasteiger partial charge in [-0.2, -0.15) is 5.26 Å². The Morgan fingerprint density at radius 2 is 2.09 bits per heavy atom. The summed E-state index contributed by atoms with van der Waals surface area (Å²) in [7, 11) is 0. The Kier molecular flexibility index (Phi) is 5.03. The van der Waals surface area contributed by atoms with Gasteiger partial charge in [0.2, 0.25) is 11.6 Å². The first kappa shape index (κ1) is 16.3. The molecule has 0 aliphatic carbocycles. The highest BCUT2D eigenvalue weighted by atomic mass is 32.2. The predicted molar refractivity (Wildman–Crippen MR) is 80.0 cm³/mol. The lowest BCUT2D eigenvalue weighted by molar-refractivity contribution is -0.150. The smallest absolute Gasteiger partial charge is 0.343 e. The van der Waals surface area contributed by atoms with Crippen LogP contribution >= 0.6 is 11.8 Å². The summed E-state index contributed by atoms with van der Waals surface area (Å²) >= 11 is 1.38. The first-order valence-corrected chi connectivity index (χ1v) is 7.87. The zero-order valence-corrected chi connectivity index (χ0v) is 12.6. The number of amides is 1. The number of nitrogens with zero attached hydrogens (tertiary/aromatic N) is 2. The van der Waals surface area contributed by atoms with Crippen LogP contribution in [0.4, 0.5) is 4.39 Å². The Morgan fingerprint density at radius 1 is 1.41 bits per heavy atom. The van der Waals surface area contributed by atoms with Gasteiger partial charge in [-0.25, -0.2) is 9.18 Å². The van der Waals surface area contributed by atoms with Crippen LogP contribution in [0.25, 0.3) is 0 Å². The summed E-state index contributed by atoms with van der Waals surface area (Å²) in [6.45, 7) is -0.238. The zero-order valence-electron chi connectivity index (χ0n) is 11.8. The molecule has 5 nitrogen and oxygen atoms in total. The number of likely N-dealkylation sites (tertiary alicyclic amines) is 1. The molecule has 1 unspecified atom stereocenters. The van der Waals surface area contributed by atoms with Crippen molar-refractivity contribution in [3.63, 3.8) is 0 Å². The number of carbonyl (C=O) groups is 2. The molecular formula is C15H15FN2O3S. The summed E-state index contributed by atoms with van der Waals surface area (Å²) in [5.41, 5.74) is -0.744. The van der Waals surface area contributed by atoms with Crippen molar-refractivity contribution in [2.45, 2.75) is 17.8 Å². The molecule has 0 saturated carbocycles. The number of alkyl halides is 1. The van der Waals surface area contributed by atoms with Crippen molar-refractivity contribution in [1.82, 2.24) is 4.90 Å². The highest BCUT2D eigenvalue weighted by Gasteiger charge is 2.46. The molecule has 1 fully saturated rings. The normalized spacial score (nSPS) is 20.6. The van der Waals surface area contributed by atoms with Crippen molar-refractivity contribution in [3.05, 3.63) is 35.4 Å². The van der Waals surface area contributed by atoms with Gasteiger partial charge in [0.05, 0.1) is 23.9 Å². The number of thioether (sulfide) groups is 1. The van der Waals surface area contributed by atoms with Crippen LogP contribution in [-0.2, 0) is 15.3 Å². The Hall–Kier alpha value is -2.07. The minimum atomic E-state index is -2.31. The van der Waals surface area contributed by atoms with Gasteiger partial charge in [0.15, 0.2) is 0 Å². The van der Waals surface area contributed by atoms with Gasteiger partial charge in [-0.15, -0.1) is 11.8 Å². The van der Waals surface area contributed by atoms with E-state index in [4.69, 9.17) is 10.4 Å². The molecule has 1 aromatic rings. The van der Waals surface area contributed by atoms with E-state index in [1.54, 1.807) is 12.1 Å². The van der Waals surface area contributed by atoms with Crippen molar-refractivity contribution >= 4 is 23.6 Å². The summed E-state index contributed by atoms with van der Waals surface area (Å²) in [6, 6.07) is 9.10. The number of halogens is 1. The van der Waals surface area contributed by atoms with Crippen LogP contribution in [0, 0.1) is 11.3 Å². The van der Waals surface area contributed by atoms with E-state index in [1.165, 1.54) is 16.7 Å². The quantitative estimate of drug-likeness (QED) is 0.894. The van der Waals surface area contributed by atoms with E-state index in [0.29, 0.717) is 11.3 Å². The van der Waals surface area contributed by atoms with E-state index < -0.39 is 11.6 Å². The van der Waals surface area contributed by atoms with Crippen molar-refractivity contribution in [2.75, 3.05) is 18.8 Å². The van der Waals surface area contributed by atoms with Crippen LogP contribution in [0.3, 0.4) is 0 Å². The number of aliphatic carboxylic acids is 1. The molecular weight excluding hydrogens is 307 g/mol. The molecule has 7 heteroatoms. The molecule has 1 saturated heterocycles. The van der Waals surface area contributed by atoms with E-state index >= 15 is 0 Å². The second-order valence-electron chi connectivity index (χ2n) is 5.14. The van der Waals surface area contributed by atoms with Crippen molar-refractivity contribution in [1.29, 1.82) is 5.26 Å². The third kappa shape index (κ3) is 3.77. The van der Waals surface area contributed by atoms with Gasteiger partial charge < -0.3 is 10.0 Å². The minimum Gasteiger partial charge on any atom is -0.479 e. The van der Waals surface area contributed by atoms with Crippen molar-refractivity contribution < 1.29 is 19.1 Å². The van der Waals surface area contributed by atoms with Gasteiger partial charge in [0.1, 0.15) is 0 Å². The molecule has 1 heterocycles. The van der Waals surface area contributed by atoms with Gasteiger partial charge in [-0.3, -0.25) is 4.79 Å². The monoisotopic (exact) mass is 322 g/mol. The van der Waals surface area contributed by atoms with Crippen molar-refractivity contribution in [3.8, 4) is 6.07 Å². The van der Waals surface area contributed by atoms with E-state index in [0.717, 1.165) is 5.56 Å². The Morgan fingerprint density at radius 3 is 2.64 bits per heavy atom. The highest BCUT2D eigenvalue weighted by Crippen LogP contribution is 2.26. The van der Waals surface area contributed by atoms with Crippen LogP contribution in [-0.4, -0.2) is 46.4 Å². The SMILES string of the molecule is N#Cc1ccc(CSCC(=O)N2CCC(F)(C(=O)O)C2)cc1. The van der Waals surface area contributed by atoms with Gasteiger partial charge in [-0.05, 0) is 17.7 Å². The second kappa shape index (κ2) is 6.79. The average Bonchev–Trinajstić information content (AvgIpc) is 2.92. The molecule has 0 aromatic heterocycles. The molecule has 1 N–H and O–H groups in total. The molecule has 0 spiro atoms. The standard InChI is InChI=1S/C15H15FN2O3S/c16-15(14(20)21)5-6-18(10-15)13(19)9-22-8-12-3-1-11(7-17)2-4-12/h1-4H,5-6,8-10H2,(H,20,21). The largest absolute Gasteiger partial charge is 0.479 e. The lowest BCUT2D eigenvalue weighted by atomic mass is 10.1. The Balaban J connectivity index is 1.79. The minimum absolute atomic E-state index is 0.138. The number of hydrogen-bond acceptors (Lipinski definition) is 4. The fourth-order valence-electron chi connectivity index (χ4n) is 2.18. The summed E-state index contributed by atoms with van der Waals surface area (Å²) in [5.74, 6) is -0.979. The van der Waals surface area contributed by atoms with Crippen LogP contribution in [0.2, 0.25) is 0 Å². The number of carboxylic acid groups (broad SMARTS) is 1. The van der Waals surface area contributed by atoms with E-state index in [1.807, 2.05) is 18.2 Å². The Labute approximate surface area is 131 Å².